The van der Waals surface area contributed by atoms with Crippen LogP contribution in [0, 0.1) is 18.7 Å². The highest BCUT2D eigenvalue weighted by Gasteiger charge is 2.54. The number of hydrogen-bond donors (Lipinski definition) is 1. The van der Waals surface area contributed by atoms with E-state index in [-0.39, 0.29) is 34.1 Å². The molecule has 34 heavy (non-hydrogen) atoms. The van der Waals surface area contributed by atoms with Gasteiger partial charge in [-0.1, -0.05) is 0 Å². The summed E-state index contributed by atoms with van der Waals surface area (Å²) in [6, 6.07) is 2.24. The molecule has 12 heteroatoms. The number of nitrogens with one attached hydrogen (secondary N) is 1. The third-order valence-corrected chi connectivity index (χ3v) is 7.41. The van der Waals surface area contributed by atoms with Crippen LogP contribution in [0.1, 0.15) is 33.9 Å². The number of hydrogen-bond acceptors (Lipinski definition) is 6. The maximum atomic E-state index is 14.1. The molecule has 3 atom stereocenters. The number of fused-ring (bicyclic) bond motifs is 1. The van der Waals surface area contributed by atoms with Crippen LogP contribution in [0.4, 0.5) is 23.5 Å². The molecule has 3 heterocycles. The maximum absolute atomic E-state index is 14.1. The van der Waals surface area contributed by atoms with Crippen LogP contribution in [0.3, 0.4) is 0 Å². The van der Waals surface area contributed by atoms with E-state index < -0.39 is 17.6 Å². The van der Waals surface area contributed by atoms with Gasteiger partial charge in [-0.3, -0.25) is 4.79 Å². The Balaban J connectivity index is 1.43. The van der Waals surface area contributed by atoms with Gasteiger partial charge in [0, 0.05) is 25.0 Å². The number of halogens is 5. The molecule has 2 fully saturated rings. The molecular weight excluding hydrogens is 538 g/mol. The minimum absolute atomic E-state index is 0.00856. The van der Waals surface area contributed by atoms with Gasteiger partial charge < -0.3 is 10.2 Å². The lowest BCUT2D eigenvalue weighted by molar-refractivity contribution is -0.137. The number of alkyl halides is 3. The van der Waals surface area contributed by atoms with Crippen LogP contribution in [-0.2, 0) is 6.18 Å². The van der Waals surface area contributed by atoms with E-state index in [4.69, 9.17) is 0 Å². The van der Waals surface area contributed by atoms with Crippen molar-refractivity contribution in [3.63, 3.8) is 0 Å². The first-order chi connectivity index (χ1) is 16.1. The van der Waals surface area contributed by atoms with Crippen LogP contribution in [-0.4, -0.2) is 44.4 Å². The lowest BCUT2D eigenvalue weighted by atomic mass is 10.1. The predicted molar refractivity (Wildman–Crippen MR) is 122 cm³/mol. The second-order valence-electron chi connectivity index (χ2n) is 8.41. The second-order valence-corrected chi connectivity index (χ2v) is 10.5. The van der Waals surface area contributed by atoms with Crippen LogP contribution in [0.2, 0.25) is 0 Å². The van der Waals surface area contributed by atoms with Crippen molar-refractivity contribution < 1.29 is 22.4 Å². The summed E-state index contributed by atoms with van der Waals surface area (Å²) in [5.41, 5.74) is -1.06. The standard InChI is InChI=1S/C22H18BrF4N5OS/c1-10-31-18(19(34-10)12-2-13(22(25,26)27)6-15(24)3-12)20(33)32-16(4-11-5-17(11)32)9-30-21-28-7-14(23)8-29-21/h2-3,6-8,11,16-17H,4-5,9H2,1H3,(H,28,29,30)/t11-,16+,17+/m1/s1. The molecule has 1 saturated carbocycles. The van der Waals surface area contributed by atoms with Crippen LogP contribution in [0.5, 0.6) is 0 Å². The molecule has 1 aliphatic heterocycles. The van der Waals surface area contributed by atoms with Crippen molar-refractivity contribution in [1.82, 2.24) is 19.9 Å². The summed E-state index contributed by atoms with van der Waals surface area (Å²) in [6.07, 6.45) is 0.207. The van der Waals surface area contributed by atoms with Gasteiger partial charge in [-0.25, -0.2) is 19.3 Å². The zero-order valence-corrected chi connectivity index (χ0v) is 20.1. The minimum Gasteiger partial charge on any atom is -0.352 e. The van der Waals surface area contributed by atoms with Crippen LogP contribution >= 0.6 is 27.3 Å². The molecular formula is C22H18BrF4N5OS. The Labute approximate surface area is 204 Å². The van der Waals surface area contributed by atoms with Gasteiger partial charge in [0.05, 0.1) is 26.0 Å². The van der Waals surface area contributed by atoms with Gasteiger partial charge in [-0.05, 0) is 65.4 Å². The smallest absolute Gasteiger partial charge is 0.352 e. The van der Waals surface area contributed by atoms with E-state index in [1.165, 1.54) is 0 Å². The van der Waals surface area contributed by atoms with Crippen molar-refractivity contribution >= 4 is 39.1 Å². The quantitative estimate of drug-likeness (QED) is 0.418. The van der Waals surface area contributed by atoms with E-state index in [1.54, 1.807) is 24.2 Å². The molecule has 2 aliphatic rings. The van der Waals surface area contributed by atoms with Crippen LogP contribution in [0.15, 0.2) is 35.1 Å². The summed E-state index contributed by atoms with van der Waals surface area (Å²) in [5, 5.41) is 3.66. The van der Waals surface area contributed by atoms with E-state index in [0.717, 1.165) is 40.8 Å². The number of carbonyl (C=O) groups excluding carboxylic acids is 1. The average molecular weight is 556 g/mol. The number of benzene rings is 1. The molecule has 0 radical (unpaired) electrons. The lowest BCUT2D eigenvalue weighted by Gasteiger charge is -2.27. The fourth-order valence-electron chi connectivity index (χ4n) is 4.44. The Morgan fingerprint density at radius 3 is 2.68 bits per heavy atom. The van der Waals surface area contributed by atoms with Crippen molar-refractivity contribution in [2.45, 2.75) is 38.0 Å². The summed E-state index contributed by atoms with van der Waals surface area (Å²) in [5.74, 6) is -0.559. The molecule has 0 bridgehead atoms. The number of aryl methyl sites for hydroxylation is 1. The predicted octanol–water partition coefficient (Wildman–Crippen LogP) is 5.54. The molecule has 1 saturated heterocycles. The Hall–Kier alpha value is -2.60. The molecule has 6 nitrogen and oxygen atoms in total. The minimum atomic E-state index is -4.71. The number of thiazole rings is 1. The SMILES string of the molecule is Cc1nc(C(=O)N2[C@H](CNc3ncc(Br)cn3)C[C@@H]3C[C@@H]32)c(-c2cc(F)cc(C(F)(F)F)c2)s1. The van der Waals surface area contributed by atoms with Crippen molar-refractivity contribution in [1.29, 1.82) is 0 Å². The fraction of sp³-hybridized carbons (Fsp3) is 0.364. The molecule has 178 valence electrons. The van der Waals surface area contributed by atoms with E-state index >= 15 is 0 Å². The largest absolute Gasteiger partial charge is 0.416 e. The number of amides is 1. The Kier molecular flexibility index (Phi) is 5.83. The number of carbonyl (C=O) groups is 1. The molecule has 1 aromatic carbocycles. The third kappa shape index (κ3) is 4.52. The number of likely N-dealkylation sites (tertiary alicyclic amines) is 1. The first-order valence-corrected chi connectivity index (χ1v) is 12.1. The van der Waals surface area contributed by atoms with E-state index in [2.05, 4.69) is 36.2 Å². The summed E-state index contributed by atoms with van der Waals surface area (Å²) in [4.78, 5) is 28.3. The molecule has 0 unspecified atom stereocenters. The summed E-state index contributed by atoms with van der Waals surface area (Å²) >= 11 is 4.36. The van der Waals surface area contributed by atoms with E-state index in [1.807, 2.05) is 0 Å². The maximum Gasteiger partial charge on any atom is 0.416 e. The van der Waals surface area contributed by atoms with Crippen LogP contribution < -0.4 is 5.32 Å². The highest BCUT2D eigenvalue weighted by atomic mass is 79.9. The molecule has 3 aromatic rings. The number of piperidine rings is 1. The van der Waals surface area contributed by atoms with Gasteiger partial charge >= 0.3 is 6.18 Å². The van der Waals surface area contributed by atoms with Gasteiger partial charge in [0.15, 0.2) is 0 Å². The molecule has 2 aromatic heterocycles. The first kappa shape index (κ1) is 23.2. The molecule has 1 aliphatic carbocycles. The van der Waals surface area contributed by atoms with E-state index in [0.29, 0.717) is 29.5 Å². The number of anilines is 1. The molecule has 1 amide bonds. The molecule has 1 N–H and O–H groups in total. The third-order valence-electron chi connectivity index (χ3n) is 5.99. The zero-order valence-electron chi connectivity index (χ0n) is 17.7. The van der Waals surface area contributed by atoms with Gasteiger partial charge in [-0.15, -0.1) is 11.3 Å². The van der Waals surface area contributed by atoms with Gasteiger partial charge in [0.25, 0.3) is 5.91 Å². The Bertz CT molecular complexity index is 1250. The average Bonchev–Trinajstić information content (AvgIpc) is 3.26. The van der Waals surface area contributed by atoms with Crippen molar-refractivity contribution in [3.05, 3.63) is 57.1 Å². The van der Waals surface area contributed by atoms with Gasteiger partial charge in [0.2, 0.25) is 5.95 Å². The van der Waals surface area contributed by atoms with Crippen LogP contribution in [0.25, 0.3) is 10.4 Å². The van der Waals surface area contributed by atoms with Crippen molar-refractivity contribution in [2.75, 3.05) is 11.9 Å². The summed E-state index contributed by atoms with van der Waals surface area (Å²) in [7, 11) is 0. The first-order valence-electron chi connectivity index (χ1n) is 10.5. The summed E-state index contributed by atoms with van der Waals surface area (Å²) in [6.45, 7) is 2.10. The topological polar surface area (TPSA) is 71.0 Å². The normalized spacial score (nSPS) is 21.5. The zero-order chi connectivity index (χ0) is 24.2. The monoisotopic (exact) mass is 555 g/mol. The van der Waals surface area contributed by atoms with Gasteiger partial charge in [-0.2, -0.15) is 13.2 Å². The number of rotatable bonds is 5. The number of nitrogens with zero attached hydrogens (tertiary/aromatic N) is 4. The number of aromatic nitrogens is 3. The van der Waals surface area contributed by atoms with E-state index in [9.17, 15) is 22.4 Å². The summed E-state index contributed by atoms with van der Waals surface area (Å²) < 4.78 is 54.6. The Morgan fingerprint density at radius 2 is 1.97 bits per heavy atom. The van der Waals surface area contributed by atoms with Gasteiger partial charge in [0.1, 0.15) is 11.5 Å². The fourth-order valence-corrected chi connectivity index (χ4v) is 5.55. The Morgan fingerprint density at radius 1 is 1.24 bits per heavy atom. The molecule has 0 spiro atoms. The lowest BCUT2D eigenvalue weighted by Crippen LogP contribution is -2.42. The highest BCUT2D eigenvalue weighted by molar-refractivity contribution is 9.10. The van der Waals surface area contributed by atoms with Crippen molar-refractivity contribution in [2.24, 2.45) is 5.92 Å². The highest BCUT2D eigenvalue weighted by Crippen LogP contribution is 2.49. The van der Waals surface area contributed by atoms with Crippen molar-refractivity contribution in [3.8, 4) is 10.4 Å². The molecule has 5 rings (SSSR count). The second kappa shape index (κ2) is 8.56.